The van der Waals surface area contributed by atoms with Crippen molar-refractivity contribution in [3.8, 4) is 0 Å². The number of carbonyl (C=O) groups excluding carboxylic acids is 1. The molecule has 1 aliphatic rings. The first-order chi connectivity index (χ1) is 14.1. The third kappa shape index (κ3) is 4.04. The van der Waals surface area contributed by atoms with Crippen LogP contribution in [0.1, 0.15) is 37.4 Å². The molecule has 3 aromatic carbocycles. The number of benzene rings is 3. The van der Waals surface area contributed by atoms with E-state index in [9.17, 15) is 4.79 Å². The second-order valence-corrected chi connectivity index (χ2v) is 7.81. The number of fused-ring (bicyclic) bond motifs is 1. The molecule has 4 rings (SSSR count). The second-order valence-electron chi connectivity index (χ2n) is 7.81. The Hall–Kier alpha value is -3.07. The topological polar surface area (TPSA) is 23.6 Å². The van der Waals surface area contributed by atoms with Crippen LogP contribution >= 0.6 is 0 Å². The van der Waals surface area contributed by atoms with Gasteiger partial charge in [-0.3, -0.25) is 4.79 Å². The third-order valence-corrected chi connectivity index (χ3v) is 5.87. The van der Waals surface area contributed by atoms with E-state index < -0.39 is 0 Å². The molecular formula is C26H28N2O. The van der Waals surface area contributed by atoms with Gasteiger partial charge in [-0.05, 0) is 49.1 Å². The minimum Gasteiger partial charge on any atom is -0.368 e. The molecule has 3 nitrogen and oxygen atoms in total. The Morgan fingerprint density at radius 1 is 0.931 bits per heavy atom. The normalized spacial score (nSPS) is 18.2. The van der Waals surface area contributed by atoms with Crippen molar-refractivity contribution in [3.63, 3.8) is 0 Å². The van der Waals surface area contributed by atoms with E-state index in [1.165, 1.54) is 16.8 Å². The summed E-state index contributed by atoms with van der Waals surface area (Å²) in [6.45, 7) is 4.92. The maximum Gasteiger partial charge on any atom is 0.224 e. The fourth-order valence-corrected chi connectivity index (χ4v) is 4.49. The Morgan fingerprint density at radius 2 is 1.55 bits per heavy atom. The Labute approximate surface area is 173 Å². The van der Waals surface area contributed by atoms with Crippen LogP contribution < -0.4 is 9.80 Å². The summed E-state index contributed by atoms with van der Waals surface area (Å²) in [4.78, 5) is 17.1. The molecule has 0 aliphatic carbocycles. The SMILES string of the molecule is CC(=O)N(c1ccccc1)[C@H]1C[C@@H](C)N(CCc2ccccc2)c2ccccc21. The van der Waals surface area contributed by atoms with E-state index in [1.54, 1.807) is 6.92 Å². The van der Waals surface area contributed by atoms with Crippen molar-refractivity contribution in [2.45, 2.75) is 38.8 Å². The molecule has 0 spiro atoms. The number of nitrogens with zero attached hydrogens (tertiary/aromatic N) is 2. The Bertz CT molecular complexity index is 955. The predicted octanol–water partition coefficient (Wildman–Crippen LogP) is 5.62. The van der Waals surface area contributed by atoms with Gasteiger partial charge in [-0.1, -0.05) is 66.7 Å². The summed E-state index contributed by atoms with van der Waals surface area (Å²) in [7, 11) is 0. The van der Waals surface area contributed by atoms with E-state index in [1.807, 2.05) is 35.2 Å². The largest absolute Gasteiger partial charge is 0.368 e. The van der Waals surface area contributed by atoms with Gasteiger partial charge in [0.15, 0.2) is 0 Å². The molecule has 0 fully saturated rings. The van der Waals surface area contributed by atoms with Crippen LogP contribution in [0.3, 0.4) is 0 Å². The van der Waals surface area contributed by atoms with Crippen LogP contribution in [-0.2, 0) is 11.2 Å². The number of amides is 1. The lowest BCUT2D eigenvalue weighted by atomic mass is 9.89. The third-order valence-electron chi connectivity index (χ3n) is 5.87. The first kappa shape index (κ1) is 19.3. The van der Waals surface area contributed by atoms with E-state index in [-0.39, 0.29) is 11.9 Å². The number of carbonyl (C=O) groups is 1. The lowest BCUT2D eigenvalue weighted by Gasteiger charge is -2.44. The van der Waals surface area contributed by atoms with E-state index in [0.29, 0.717) is 6.04 Å². The molecule has 1 amide bonds. The maximum absolute atomic E-state index is 12.7. The monoisotopic (exact) mass is 384 g/mol. The van der Waals surface area contributed by atoms with Crippen LogP contribution in [0.25, 0.3) is 0 Å². The van der Waals surface area contributed by atoms with E-state index in [0.717, 1.165) is 25.1 Å². The second kappa shape index (κ2) is 8.52. The molecule has 0 radical (unpaired) electrons. The van der Waals surface area contributed by atoms with E-state index in [4.69, 9.17) is 0 Å². The summed E-state index contributed by atoms with van der Waals surface area (Å²) in [5.41, 5.74) is 4.80. The van der Waals surface area contributed by atoms with Crippen molar-refractivity contribution in [1.29, 1.82) is 0 Å². The zero-order valence-electron chi connectivity index (χ0n) is 17.2. The van der Waals surface area contributed by atoms with Crippen LogP contribution in [-0.4, -0.2) is 18.5 Å². The van der Waals surface area contributed by atoms with Crippen molar-refractivity contribution < 1.29 is 4.79 Å². The number of hydrogen-bond acceptors (Lipinski definition) is 2. The minimum absolute atomic E-state index is 0.0501. The Morgan fingerprint density at radius 3 is 2.24 bits per heavy atom. The highest BCUT2D eigenvalue weighted by Gasteiger charge is 2.35. The molecule has 2 atom stereocenters. The summed E-state index contributed by atoms with van der Waals surface area (Å²) in [5, 5.41) is 0. The fourth-order valence-electron chi connectivity index (χ4n) is 4.49. The van der Waals surface area contributed by atoms with Gasteiger partial charge in [0.2, 0.25) is 5.91 Å². The van der Waals surface area contributed by atoms with Crippen molar-refractivity contribution in [1.82, 2.24) is 0 Å². The summed E-state index contributed by atoms with van der Waals surface area (Å²) in [6.07, 6.45) is 1.93. The molecule has 0 unspecified atom stereocenters. The molecule has 0 aromatic heterocycles. The maximum atomic E-state index is 12.7. The molecule has 0 saturated heterocycles. The molecule has 148 valence electrons. The average molecular weight is 385 g/mol. The highest BCUT2D eigenvalue weighted by atomic mass is 16.2. The van der Waals surface area contributed by atoms with Gasteiger partial charge in [-0.25, -0.2) is 0 Å². The first-order valence-corrected chi connectivity index (χ1v) is 10.4. The van der Waals surface area contributed by atoms with E-state index in [2.05, 4.69) is 66.4 Å². The number of rotatable bonds is 5. The summed E-state index contributed by atoms with van der Waals surface area (Å²) in [6, 6.07) is 29.6. The van der Waals surface area contributed by atoms with E-state index >= 15 is 0 Å². The van der Waals surface area contributed by atoms with Crippen LogP contribution in [0.5, 0.6) is 0 Å². The number of para-hydroxylation sites is 2. The average Bonchev–Trinajstić information content (AvgIpc) is 2.75. The highest BCUT2D eigenvalue weighted by Crippen LogP contribution is 2.42. The molecule has 3 heteroatoms. The van der Waals surface area contributed by atoms with Gasteiger partial charge in [0.1, 0.15) is 0 Å². The van der Waals surface area contributed by atoms with Crippen molar-refractivity contribution in [3.05, 3.63) is 96.1 Å². The molecular weight excluding hydrogens is 356 g/mol. The Kier molecular flexibility index (Phi) is 5.66. The molecule has 1 aliphatic heterocycles. The van der Waals surface area contributed by atoms with Gasteiger partial charge >= 0.3 is 0 Å². The van der Waals surface area contributed by atoms with Gasteiger partial charge in [0.25, 0.3) is 0 Å². The van der Waals surface area contributed by atoms with Crippen LogP contribution in [0.2, 0.25) is 0 Å². The minimum atomic E-state index is 0.0501. The summed E-state index contributed by atoms with van der Waals surface area (Å²) in [5.74, 6) is 0.0842. The van der Waals surface area contributed by atoms with Crippen molar-refractivity contribution >= 4 is 17.3 Å². The van der Waals surface area contributed by atoms with Crippen LogP contribution in [0, 0.1) is 0 Å². The zero-order chi connectivity index (χ0) is 20.2. The summed E-state index contributed by atoms with van der Waals surface area (Å²) < 4.78 is 0. The molecule has 3 aromatic rings. The lowest BCUT2D eigenvalue weighted by Crippen LogP contribution is -2.45. The molecule has 29 heavy (non-hydrogen) atoms. The molecule has 0 saturated carbocycles. The van der Waals surface area contributed by atoms with Gasteiger partial charge in [0.05, 0.1) is 6.04 Å². The smallest absolute Gasteiger partial charge is 0.224 e. The standard InChI is InChI=1S/C26H28N2O/c1-20-19-26(28(21(2)29)23-13-7-4-8-14-23)24-15-9-10-16-25(24)27(20)18-17-22-11-5-3-6-12-22/h3-16,20,26H,17-19H2,1-2H3/t20-,26+/m1/s1. The molecule has 0 bridgehead atoms. The van der Waals surface area contributed by atoms with Crippen LogP contribution in [0.4, 0.5) is 11.4 Å². The molecule has 1 heterocycles. The van der Waals surface area contributed by atoms with Gasteiger partial charge in [-0.2, -0.15) is 0 Å². The number of hydrogen-bond donors (Lipinski definition) is 0. The zero-order valence-corrected chi connectivity index (χ0v) is 17.2. The van der Waals surface area contributed by atoms with Gasteiger partial charge < -0.3 is 9.80 Å². The highest BCUT2D eigenvalue weighted by molar-refractivity contribution is 5.92. The fraction of sp³-hybridized carbons (Fsp3) is 0.269. The molecule has 0 N–H and O–H groups in total. The summed E-state index contributed by atoms with van der Waals surface area (Å²) >= 11 is 0. The quantitative estimate of drug-likeness (QED) is 0.570. The first-order valence-electron chi connectivity index (χ1n) is 10.4. The van der Waals surface area contributed by atoms with Crippen molar-refractivity contribution in [2.24, 2.45) is 0 Å². The Balaban J connectivity index is 1.66. The lowest BCUT2D eigenvalue weighted by molar-refractivity contribution is -0.117. The number of anilines is 2. The predicted molar refractivity (Wildman–Crippen MR) is 120 cm³/mol. The van der Waals surface area contributed by atoms with Gasteiger partial charge in [-0.15, -0.1) is 0 Å². The van der Waals surface area contributed by atoms with Gasteiger partial charge in [0, 0.05) is 30.9 Å². The van der Waals surface area contributed by atoms with Crippen molar-refractivity contribution in [2.75, 3.05) is 16.3 Å². The van der Waals surface area contributed by atoms with Crippen LogP contribution in [0.15, 0.2) is 84.9 Å².